The van der Waals surface area contributed by atoms with Crippen LogP contribution >= 0.6 is 11.8 Å². The summed E-state index contributed by atoms with van der Waals surface area (Å²) < 4.78 is 0. The van der Waals surface area contributed by atoms with Crippen molar-refractivity contribution in [3.8, 4) is 0 Å². The molecule has 1 aliphatic heterocycles. The van der Waals surface area contributed by atoms with Crippen LogP contribution < -0.4 is 0 Å². The van der Waals surface area contributed by atoms with Crippen LogP contribution in [-0.4, -0.2) is 32.8 Å². The van der Waals surface area contributed by atoms with Gasteiger partial charge in [-0.2, -0.15) is 0 Å². The van der Waals surface area contributed by atoms with Crippen LogP contribution in [0.5, 0.6) is 0 Å². The SMILES string of the molecule is O=C(ON1C(=O)c2ccccc2C1=O)c1nccnc1SCc1ccccc1. The summed E-state index contributed by atoms with van der Waals surface area (Å²) >= 11 is 1.31. The molecule has 4 rings (SSSR count). The number of hydroxylamine groups is 2. The molecular weight excluding hydrogens is 378 g/mol. The Balaban J connectivity index is 1.52. The highest BCUT2D eigenvalue weighted by Gasteiger charge is 2.39. The largest absolute Gasteiger partial charge is 0.384 e. The first kappa shape index (κ1) is 17.9. The number of benzene rings is 2. The van der Waals surface area contributed by atoms with Gasteiger partial charge in [0.2, 0.25) is 0 Å². The highest BCUT2D eigenvalue weighted by atomic mass is 32.2. The van der Waals surface area contributed by atoms with E-state index in [-0.39, 0.29) is 16.8 Å². The third-order valence-electron chi connectivity index (χ3n) is 4.01. The number of fused-ring (bicyclic) bond motifs is 1. The minimum absolute atomic E-state index is 0.0556. The van der Waals surface area contributed by atoms with E-state index in [1.54, 1.807) is 12.1 Å². The molecule has 7 nitrogen and oxygen atoms in total. The number of carbonyl (C=O) groups excluding carboxylic acids is 3. The smallest absolute Gasteiger partial charge is 0.322 e. The van der Waals surface area contributed by atoms with Gasteiger partial charge in [-0.3, -0.25) is 9.59 Å². The lowest BCUT2D eigenvalue weighted by Gasteiger charge is -2.13. The number of nitrogens with zero attached hydrogens (tertiary/aromatic N) is 3. The Morgan fingerprint density at radius 2 is 1.50 bits per heavy atom. The molecule has 0 saturated heterocycles. The monoisotopic (exact) mass is 391 g/mol. The highest BCUT2D eigenvalue weighted by molar-refractivity contribution is 7.98. The summed E-state index contributed by atoms with van der Waals surface area (Å²) in [6.07, 6.45) is 2.82. The van der Waals surface area contributed by atoms with Crippen molar-refractivity contribution in [2.45, 2.75) is 10.8 Å². The van der Waals surface area contributed by atoms with Gasteiger partial charge in [-0.05, 0) is 17.7 Å². The number of carbonyl (C=O) groups is 3. The fourth-order valence-corrected chi connectivity index (χ4v) is 3.58. The number of aromatic nitrogens is 2. The van der Waals surface area contributed by atoms with E-state index in [1.807, 2.05) is 30.3 Å². The summed E-state index contributed by atoms with van der Waals surface area (Å²) in [5.41, 5.74) is 1.38. The molecule has 2 aromatic carbocycles. The van der Waals surface area contributed by atoms with Crippen molar-refractivity contribution in [3.05, 3.63) is 89.4 Å². The Bertz CT molecular complexity index is 1040. The predicted molar refractivity (Wildman–Crippen MR) is 100 cm³/mol. The van der Waals surface area contributed by atoms with E-state index in [0.717, 1.165) is 5.56 Å². The molecule has 28 heavy (non-hydrogen) atoms. The summed E-state index contributed by atoms with van der Waals surface area (Å²) in [7, 11) is 0. The number of hydrogen-bond donors (Lipinski definition) is 0. The molecule has 0 atom stereocenters. The maximum atomic E-state index is 12.6. The molecule has 0 bridgehead atoms. The van der Waals surface area contributed by atoms with Gasteiger partial charge in [-0.1, -0.05) is 59.3 Å². The second-order valence-corrected chi connectivity index (χ2v) is 6.78. The molecular formula is C20H13N3O4S. The zero-order valence-electron chi connectivity index (χ0n) is 14.4. The average Bonchev–Trinajstić information content (AvgIpc) is 2.98. The molecule has 0 fully saturated rings. The summed E-state index contributed by atoms with van der Waals surface area (Å²) in [4.78, 5) is 50.6. The van der Waals surface area contributed by atoms with Crippen molar-refractivity contribution in [1.82, 2.24) is 15.0 Å². The molecule has 0 aliphatic carbocycles. The highest BCUT2D eigenvalue weighted by Crippen LogP contribution is 2.26. The Morgan fingerprint density at radius 1 is 0.893 bits per heavy atom. The second-order valence-electron chi connectivity index (χ2n) is 5.81. The van der Waals surface area contributed by atoms with E-state index in [2.05, 4.69) is 9.97 Å². The molecule has 0 N–H and O–H groups in total. The lowest BCUT2D eigenvalue weighted by molar-refractivity contribution is -0.0591. The fraction of sp³-hybridized carbons (Fsp3) is 0.0500. The van der Waals surface area contributed by atoms with E-state index < -0.39 is 17.8 Å². The van der Waals surface area contributed by atoms with Crippen LogP contribution in [0, 0.1) is 0 Å². The minimum Gasteiger partial charge on any atom is -0.322 e. The van der Waals surface area contributed by atoms with Crippen molar-refractivity contribution in [2.75, 3.05) is 0 Å². The summed E-state index contributed by atoms with van der Waals surface area (Å²) in [6, 6.07) is 16.0. The topological polar surface area (TPSA) is 89.5 Å². The Kier molecular flexibility index (Phi) is 4.86. The van der Waals surface area contributed by atoms with E-state index in [1.165, 1.54) is 36.3 Å². The van der Waals surface area contributed by atoms with Crippen LogP contribution in [0.3, 0.4) is 0 Å². The van der Waals surface area contributed by atoms with Gasteiger partial charge in [0.05, 0.1) is 11.1 Å². The number of thioether (sulfide) groups is 1. The standard InChI is InChI=1S/C20H13N3O4S/c24-18-14-8-4-5-9-15(14)19(25)23(18)27-20(26)16-17(22-11-10-21-16)28-12-13-6-2-1-3-7-13/h1-11H,12H2. The van der Waals surface area contributed by atoms with Gasteiger partial charge in [-0.15, -0.1) is 0 Å². The zero-order chi connectivity index (χ0) is 19.5. The lowest BCUT2D eigenvalue weighted by atomic mass is 10.1. The summed E-state index contributed by atoms with van der Waals surface area (Å²) in [6.45, 7) is 0. The zero-order valence-corrected chi connectivity index (χ0v) is 15.3. The predicted octanol–water partition coefficient (Wildman–Crippen LogP) is 3.14. The number of amides is 2. The third kappa shape index (κ3) is 3.37. The van der Waals surface area contributed by atoms with Crippen LogP contribution in [0.4, 0.5) is 0 Å². The van der Waals surface area contributed by atoms with Crippen molar-refractivity contribution in [1.29, 1.82) is 0 Å². The Morgan fingerprint density at radius 3 is 2.18 bits per heavy atom. The maximum absolute atomic E-state index is 12.6. The number of imide groups is 1. The lowest BCUT2D eigenvalue weighted by Crippen LogP contribution is -2.33. The molecule has 138 valence electrons. The van der Waals surface area contributed by atoms with Gasteiger partial charge in [0.25, 0.3) is 11.8 Å². The van der Waals surface area contributed by atoms with Gasteiger partial charge >= 0.3 is 5.97 Å². The Hall–Kier alpha value is -3.52. The summed E-state index contributed by atoms with van der Waals surface area (Å²) in [5, 5.41) is 0.820. The van der Waals surface area contributed by atoms with Crippen molar-refractivity contribution in [3.63, 3.8) is 0 Å². The number of rotatable bonds is 5. The van der Waals surface area contributed by atoms with Gasteiger partial charge in [-0.25, -0.2) is 14.8 Å². The van der Waals surface area contributed by atoms with Crippen LogP contribution in [0.25, 0.3) is 0 Å². The van der Waals surface area contributed by atoms with E-state index in [4.69, 9.17) is 4.84 Å². The van der Waals surface area contributed by atoms with Gasteiger partial charge in [0.1, 0.15) is 5.03 Å². The first-order valence-electron chi connectivity index (χ1n) is 8.33. The molecule has 1 aromatic heterocycles. The molecule has 3 aromatic rings. The molecule has 0 radical (unpaired) electrons. The van der Waals surface area contributed by atoms with Crippen molar-refractivity contribution >= 4 is 29.5 Å². The van der Waals surface area contributed by atoms with Gasteiger partial charge < -0.3 is 4.84 Å². The fourth-order valence-electron chi connectivity index (χ4n) is 2.67. The average molecular weight is 391 g/mol. The van der Waals surface area contributed by atoms with E-state index in [9.17, 15) is 14.4 Å². The summed E-state index contributed by atoms with van der Waals surface area (Å²) in [5.74, 6) is -1.71. The first-order chi connectivity index (χ1) is 13.6. The van der Waals surface area contributed by atoms with Crippen molar-refractivity contribution in [2.24, 2.45) is 0 Å². The quantitative estimate of drug-likeness (QED) is 0.487. The molecule has 0 saturated carbocycles. The van der Waals surface area contributed by atoms with E-state index in [0.29, 0.717) is 15.8 Å². The molecule has 8 heteroatoms. The molecule has 0 unspecified atom stereocenters. The van der Waals surface area contributed by atoms with E-state index >= 15 is 0 Å². The normalized spacial score (nSPS) is 12.8. The van der Waals surface area contributed by atoms with Crippen molar-refractivity contribution < 1.29 is 19.2 Å². The number of hydrogen-bond acceptors (Lipinski definition) is 7. The van der Waals surface area contributed by atoms with Gasteiger partial charge in [0, 0.05) is 18.1 Å². The maximum Gasteiger partial charge on any atom is 0.384 e. The van der Waals surface area contributed by atoms with Crippen LogP contribution in [0.2, 0.25) is 0 Å². The molecule has 0 spiro atoms. The van der Waals surface area contributed by atoms with Crippen LogP contribution in [0.15, 0.2) is 72.0 Å². The molecule has 2 heterocycles. The first-order valence-corrected chi connectivity index (χ1v) is 9.31. The Labute approximate surface area is 164 Å². The molecule has 2 amide bonds. The van der Waals surface area contributed by atoms with Crippen LogP contribution in [-0.2, 0) is 10.6 Å². The molecule has 1 aliphatic rings. The van der Waals surface area contributed by atoms with Gasteiger partial charge in [0.15, 0.2) is 5.69 Å². The third-order valence-corrected chi connectivity index (χ3v) is 5.06. The minimum atomic E-state index is -0.918. The van der Waals surface area contributed by atoms with Crippen LogP contribution in [0.1, 0.15) is 36.8 Å². The second kappa shape index (κ2) is 7.61.